The Morgan fingerprint density at radius 2 is 2.07 bits per heavy atom. The van der Waals surface area contributed by atoms with Crippen molar-refractivity contribution in [3.8, 4) is 5.75 Å². The molecular weight excluding hydrogens is 354 g/mol. The quantitative estimate of drug-likeness (QED) is 0.493. The lowest BCUT2D eigenvalue weighted by molar-refractivity contribution is -0.385. The van der Waals surface area contributed by atoms with Crippen LogP contribution in [-0.4, -0.2) is 34.1 Å². The molecule has 0 bridgehead atoms. The van der Waals surface area contributed by atoms with E-state index in [-0.39, 0.29) is 31.5 Å². The number of carbonyl (C=O) groups excluding carboxylic acids is 2. The fraction of sp³-hybridized carbons (Fsp3) is 0.556. The van der Waals surface area contributed by atoms with Gasteiger partial charge in [0.2, 0.25) is 0 Å². The summed E-state index contributed by atoms with van der Waals surface area (Å²) in [6.45, 7) is 2.29. The Labute approximate surface area is 155 Å². The first kappa shape index (κ1) is 17.7. The lowest BCUT2D eigenvalue weighted by atomic mass is 9.77. The van der Waals surface area contributed by atoms with Crippen molar-refractivity contribution in [3.63, 3.8) is 0 Å². The molecule has 1 saturated carbocycles. The van der Waals surface area contributed by atoms with Gasteiger partial charge in [-0.05, 0) is 31.6 Å². The van der Waals surface area contributed by atoms with Crippen molar-refractivity contribution in [1.29, 1.82) is 0 Å². The number of ether oxygens (including phenoxy) is 2. The fourth-order valence-corrected chi connectivity index (χ4v) is 4.09. The van der Waals surface area contributed by atoms with Crippen LogP contribution in [0.25, 0.3) is 0 Å². The van der Waals surface area contributed by atoms with Gasteiger partial charge < -0.3 is 14.8 Å². The van der Waals surface area contributed by atoms with Crippen molar-refractivity contribution >= 4 is 17.6 Å². The van der Waals surface area contributed by atoms with Gasteiger partial charge in [-0.3, -0.25) is 19.8 Å². The summed E-state index contributed by atoms with van der Waals surface area (Å²) >= 11 is 0. The zero-order chi connectivity index (χ0) is 19.2. The van der Waals surface area contributed by atoms with E-state index < -0.39 is 16.5 Å². The van der Waals surface area contributed by atoms with E-state index in [1.807, 2.05) is 0 Å². The van der Waals surface area contributed by atoms with E-state index in [4.69, 9.17) is 9.47 Å². The van der Waals surface area contributed by atoms with Crippen LogP contribution in [-0.2, 0) is 22.7 Å². The molecule has 3 amide bonds. The van der Waals surface area contributed by atoms with Gasteiger partial charge >= 0.3 is 6.03 Å². The minimum absolute atomic E-state index is 0.0276. The third kappa shape index (κ3) is 3.01. The number of benzene rings is 1. The number of fused-ring (bicyclic) bond motifs is 1. The van der Waals surface area contributed by atoms with Crippen LogP contribution in [0.4, 0.5) is 10.5 Å². The van der Waals surface area contributed by atoms with Crippen molar-refractivity contribution in [1.82, 2.24) is 10.2 Å². The number of urea groups is 1. The molecule has 4 rings (SSSR count). The predicted octanol–water partition coefficient (Wildman–Crippen LogP) is 2.46. The molecule has 2 aliphatic heterocycles. The van der Waals surface area contributed by atoms with Crippen LogP contribution in [0.5, 0.6) is 5.75 Å². The van der Waals surface area contributed by atoms with Gasteiger partial charge in [0, 0.05) is 23.3 Å². The molecule has 9 heteroatoms. The third-order valence-electron chi connectivity index (χ3n) is 5.68. The maximum atomic E-state index is 13.0. The molecular formula is C18H21N3O6. The maximum Gasteiger partial charge on any atom is 0.325 e. The number of hydrogen-bond acceptors (Lipinski definition) is 6. The summed E-state index contributed by atoms with van der Waals surface area (Å²) in [7, 11) is 0. The van der Waals surface area contributed by atoms with Gasteiger partial charge in [0.15, 0.2) is 6.79 Å². The van der Waals surface area contributed by atoms with Crippen LogP contribution in [0.2, 0.25) is 0 Å². The molecule has 0 radical (unpaired) electrons. The molecule has 3 aliphatic rings. The number of carbonyl (C=O) groups is 2. The van der Waals surface area contributed by atoms with Crippen LogP contribution in [0.3, 0.4) is 0 Å². The molecule has 1 spiro atoms. The Morgan fingerprint density at radius 1 is 1.33 bits per heavy atom. The fourth-order valence-electron chi connectivity index (χ4n) is 4.09. The Bertz CT molecular complexity index is 816. The minimum atomic E-state index is -0.839. The van der Waals surface area contributed by atoms with Crippen LogP contribution in [0, 0.1) is 16.0 Å². The molecule has 1 aromatic rings. The van der Waals surface area contributed by atoms with Crippen LogP contribution < -0.4 is 10.1 Å². The van der Waals surface area contributed by atoms with Crippen LogP contribution >= 0.6 is 0 Å². The average molecular weight is 375 g/mol. The summed E-state index contributed by atoms with van der Waals surface area (Å²) in [6.07, 6.45) is 3.00. The molecule has 1 aromatic carbocycles. The number of amides is 3. The second-order valence-corrected chi connectivity index (χ2v) is 7.55. The highest BCUT2D eigenvalue weighted by Crippen LogP contribution is 2.38. The molecule has 2 fully saturated rings. The second kappa shape index (κ2) is 6.49. The van der Waals surface area contributed by atoms with E-state index >= 15 is 0 Å². The van der Waals surface area contributed by atoms with Crippen molar-refractivity contribution in [3.05, 3.63) is 33.4 Å². The molecule has 0 unspecified atom stereocenters. The number of imide groups is 1. The predicted molar refractivity (Wildman–Crippen MR) is 92.8 cm³/mol. The molecule has 1 saturated heterocycles. The maximum absolute atomic E-state index is 13.0. The van der Waals surface area contributed by atoms with E-state index in [2.05, 4.69) is 12.2 Å². The number of nitro groups is 1. The number of hydrogen-bond donors (Lipinski definition) is 1. The summed E-state index contributed by atoms with van der Waals surface area (Å²) in [4.78, 5) is 37.4. The molecule has 2 heterocycles. The SMILES string of the molecule is CC1CCC2(CC1)NC(=O)N(Cc1cc([N+](=O)[O-])cc3c1OCOC3)C2=O. The Hall–Kier alpha value is -2.68. The highest BCUT2D eigenvalue weighted by Gasteiger charge is 2.52. The Morgan fingerprint density at radius 3 is 2.78 bits per heavy atom. The standard InChI is InChI=1S/C18H21N3O6/c1-11-2-4-18(5-3-11)16(22)20(17(23)19-18)8-12-6-14(21(24)25)7-13-9-26-10-27-15(12)13/h6-7,11H,2-5,8-10H2,1H3,(H,19,23). The van der Waals surface area contributed by atoms with Gasteiger partial charge in [-0.2, -0.15) is 0 Å². The van der Waals surface area contributed by atoms with Crippen molar-refractivity contribution in [2.24, 2.45) is 5.92 Å². The van der Waals surface area contributed by atoms with Crippen molar-refractivity contribution in [2.75, 3.05) is 6.79 Å². The smallest absolute Gasteiger partial charge is 0.325 e. The topological polar surface area (TPSA) is 111 Å². The summed E-state index contributed by atoms with van der Waals surface area (Å²) in [5, 5.41) is 14.1. The van der Waals surface area contributed by atoms with Crippen LogP contribution in [0.15, 0.2) is 12.1 Å². The van der Waals surface area contributed by atoms with Crippen molar-refractivity contribution < 1.29 is 24.0 Å². The van der Waals surface area contributed by atoms with Gasteiger partial charge in [-0.1, -0.05) is 6.92 Å². The first-order chi connectivity index (χ1) is 12.9. The molecule has 27 heavy (non-hydrogen) atoms. The highest BCUT2D eigenvalue weighted by molar-refractivity contribution is 6.07. The van der Waals surface area contributed by atoms with E-state index in [9.17, 15) is 19.7 Å². The van der Waals surface area contributed by atoms with Crippen molar-refractivity contribution in [2.45, 2.75) is 51.3 Å². The van der Waals surface area contributed by atoms with Gasteiger partial charge in [0.1, 0.15) is 11.3 Å². The van der Waals surface area contributed by atoms with Gasteiger partial charge in [0.25, 0.3) is 11.6 Å². The summed E-state index contributed by atoms with van der Waals surface area (Å²) in [6, 6.07) is 2.30. The zero-order valence-corrected chi connectivity index (χ0v) is 15.0. The molecule has 0 atom stereocenters. The molecule has 144 valence electrons. The second-order valence-electron chi connectivity index (χ2n) is 7.55. The lowest BCUT2D eigenvalue weighted by Gasteiger charge is -2.33. The zero-order valence-electron chi connectivity index (χ0n) is 15.0. The van der Waals surface area contributed by atoms with Gasteiger partial charge in [0.05, 0.1) is 18.1 Å². The average Bonchev–Trinajstić information content (AvgIpc) is 2.88. The van der Waals surface area contributed by atoms with Gasteiger partial charge in [-0.25, -0.2) is 4.79 Å². The van der Waals surface area contributed by atoms with Crippen LogP contribution in [0.1, 0.15) is 43.7 Å². The Balaban J connectivity index is 1.64. The number of nitrogens with one attached hydrogen (secondary N) is 1. The number of nitrogens with zero attached hydrogens (tertiary/aromatic N) is 2. The number of nitro benzene ring substituents is 1. The third-order valence-corrected chi connectivity index (χ3v) is 5.68. The Kier molecular flexibility index (Phi) is 4.26. The number of non-ortho nitro benzene ring substituents is 1. The molecule has 0 aromatic heterocycles. The van der Waals surface area contributed by atoms with E-state index in [1.165, 1.54) is 12.1 Å². The largest absolute Gasteiger partial charge is 0.467 e. The molecule has 1 aliphatic carbocycles. The first-order valence-electron chi connectivity index (χ1n) is 9.04. The highest BCUT2D eigenvalue weighted by atomic mass is 16.7. The molecule has 1 N–H and O–H groups in total. The monoisotopic (exact) mass is 375 g/mol. The summed E-state index contributed by atoms with van der Waals surface area (Å²) in [5.41, 5.74) is 0.0194. The number of rotatable bonds is 3. The summed E-state index contributed by atoms with van der Waals surface area (Å²) < 4.78 is 10.7. The first-order valence-corrected chi connectivity index (χ1v) is 9.04. The van der Waals surface area contributed by atoms with E-state index in [0.717, 1.165) is 17.7 Å². The minimum Gasteiger partial charge on any atom is -0.467 e. The van der Waals surface area contributed by atoms with E-state index in [0.29, 0.717) is 35.6 Å². The summed E-state index contributed by atoms with van der Waals surface area (Å²) in [5.74, 6) is 0.726. The lowest BCUT2D eigenvalue weighted by Crippen LogP contribution is -2.49. The molecule has 9 nitrogen and oxygen atoms in total. The van der Waals surface area contributed by atoms with Gasteiger partial charge in [-0.15, -0.1) is 0 Å². The van der Waals surface area contributed by atoms with E-state index in [1.54, 1.807) is 0 Å². The normalized spacial score (nSPS) is 27.3.